The molecule has 114 valence electrons. The van der Waals surface area contributed by atoms with Crippen molar-refractivity contribution < 1.29 is 4.39 Å². The largest absolute Gasteiger partial charge is 0.316 e. The Morgan fingerprint density at radius 1 is 1.10 bits per heavy atom. The fraction of sp³-hybridized carbons (Fsp3) is 0.667. The minimum atomic E-state index is -0.0625. The predicted molar refractivity (Wildman–Crippen MR) is 85.5 cm³/mol. The van der Waals surface area contributed by atoms with Crippen LogP contribution in [0.1, 0.15) is 58.4 Å². The molecule has 0 aliphatic carbocycles. The molecule has 0 bridgehead atoms. The molecule has 1 N–H and O–H groups in total. The standard InChI is InChI=1S/C18H30FN/c1-5-8-15(4)11-16(13-20-12-14(2)3)17-9-6-7-10-18(17)19/h6-7,9-10,14-16,20H,5,8,11-13H2,1-4H3. The minimum Gasteiger partial charge on any atom is -0.316 e. The monoisotopic (exact) mass is 279 g/mol. The first-order valence-corrected chi connectivity index (χ1v) is 7.99. The molecule has 0 saturated carbocycles. The SMILES string of the molecule is CCCC(C)CC(CNCC(C)C)c1ccccc1F. The molecule has 2 heteroatoms. The highest BCUT2D eigenvalue weighted by molar-refractivity contribution is 5.22. The highest BCUT2D eigenvalue weighted by Gasteiger charge is 2.18. The maximum absolute atomic E-state index is 14.0. The Bertz CT molecular complexity index is 375. The molecule has 0 fully saturated rings. The first kappa shape index (κ1) is 17.2. The van der Waals surface area contributed by atoms with Gasteiger partial charge in [-0.2, -0.15) is 0 Å². The molecule has 0 aliphatic heterocycles. The van der Waals surface area contributed by atoms with E-state index in [1.807, 2.05) is 12.1 Å². The van der Waals surface area contributed by atoms with Crippen molar-refractivity contribution >= 4 is 0 Å². The van der Waals surface area contributed by atoms with Crippen molar-refractivity contribution in [3.8, 4) is 0 Å². The summed E-state index contributed by atoms with van der Waals surface area (Å²) in [5.41, 5.74) is 0.867. The first-order chi connectivity index (χ1) is 9.54. The molecule has 0 aliphatic rings. The lowest BCUT2D eigenvalue weighted by Crippen LogP contribution is -2.27. The van der Waals surface area contributed by atoms with Crippen molar-refractivity contribution in [1.82, 2.24) is 5.32 Å². The summed E-state index contributed by atoms with van der Waals surface area (Å²) in [5, 5.41) is 3.49. The van der Waals surface area contributed by atoms with E-state index in [0.717, 1.165) is 25.1 Å². The number of hydrogen-bond donors (Lipinski definition) is 1. The maximum Gasteiger partial charge on any atom is 0.126 e. The average Bonchev–Trinajstić information content (AvgIpc) is 2.38. The van der Waals surface area contributed by atoms with Crippen LogP contribution < -0.4 is 5.32 Å². The zero-order chi connectivity index (χ0) is 15.0. The molecular weight excluding hydrogens is 249 g/mol. The van der Waals surface area contributed by atoms with Crippen LogP contribution in [0, 0.1) is 17.7 Å². The second-order valence-corrected chi connectivity index (χ2v) is 6.40. The number of nitrogens with one attached hydrogen (secondary N) is 1. The molecule has 2 unspecified atom stereocenters. The van der Waals surface area contributed by atoms with Crippen LogP contribution in [-0.2, 0) is 0 Å². The number of benzene rings is 1. The lowest BCUT2D eigenvalue weighted by Gasteiger charge is -2.23. The summed E-state index contributed by atoms with van der Waals surface area (Å²) in [4.78, 5) is 0. The normalized spacial score (nSPS) is 14.5. The van der Waals surface area contributed by atoms with E-state index in [2.05, 4.69) is 33.0 Å². The second kappa shape index (κ2) is 9.12. The molecule has 1 nitrogen and oxygen atoms in total. The van der Waals surface area contributed by atoms with Crippen molar-refractivity contribution in [2.75, 3.05) is 13.1 Å². The summed E-state index contributed by atoms with van der Waals surface area (Å²) in [7, 11) is 0. The van der Waals surface area contributed by atoms with E-state index in [9.17, 15) is 4.39 Å². The smallest absolute Gasteiger partial charge is 0.126 e. The summed E-state index contributed by atoms with van der Waals surface area (Å²) in [6, 6.07) is 7.23. The minimum absolute atomic E-state index is 0.0625. The summed E-state index contributed by atoms with van der Waals surface area (Å²) in [6.45, 7) is 10.8. The second-order valence-electron chi connectivity index (χ2n) is 6.40. The fourth-order valence-corrected chi connectivity index (χ4v) is 2.77. The molecule has 20 heavy (non-hydrogen) atoms. The van der Waals surface area contributed by atoms with Gasteiger partial charge in [0.1, 0.15) is 5.82 Å². The van der Waals surface area contributed by atoms with Gasteiger partial charge in [0.15, 0.2) is 0 Å². The van der Waals surface area contributed by atoms with E-state index >= 15 is 0 Å². The average molecular weight is 279 g/mol. The Kier molecular flexibility index (Phi) is 7.83. The van der Waals surface area contributed by atoms with E-state index in [-0.39, 0.29) is 11.7 Å². The van der Waals surface area contributed by atoms with Crippen LogP contribution in [0.15, 0.2) is 24.3 Å². The van der Waals surface area contributed by atoms with E-state index in [0.29, 0.717) is 11.8 Å². The lowest BCUT2D eigenvalue weighted by molar-refractivity contribution is 0.404. The van der Waals surface area contributed by atoms with Gasteiger partial charge in [-0.3, -0.25) is 0 Å². The van der Waals surface area contributed by atoms with Gasteiger partial charge in [-0.25, -0.2) is 4.39 Å². The van der Waals surface area contributed by atoms with Gasteiger partial charge in [0.2, 0.25) is 0 Å². The van der Waals surface area contributed by atoms with Gasteiger partial charge in [-0.15, -0.1) is 0 Å². The molecular formula is C18H30FN. The summed E-state index contributed by atoms with van der Waals surface area (Å²) < 4.78 is 14.0. The molecule has 1 rings (SSSR count). The van der Waals surface area contributed by atoms with Crippen molar-refractivity contribution in [2.24, 2.45) is 11.8 Å². The van der Waals surface area contributed by atoms with Crippen LogP contribution >= 0.6 is 0 Å². The summed E-state index contributed by atoms with van der Waals surface area (Å²) in [6.07, 6.45) is 3.47. The Balaban J connectivity index is 2.70. The van der Waals surface area contributed by atoms with Gasteiger partial charge in [0.05, 0.1) is 0 Å². The van der Waals surface area contributed by atoms with Gasteiger partial charge in [-0.1, -0.05) is 58.7 Å². The van der Waals surface area contributed by atoms with E-state index < -0.39 is 0 Å². The van der Waals surface area contributed by atoms with Crippen LogP contribution in [-0.4, -0.2) is 13.1 Å². The van der Waals surface area contributed by atoms with Crippen molar-refractivity contribution in [3.63, 3.8) is 0 Å². The summed E-state index contributed by atoms with van der Waals surface area (Å²) in [5.74, 6) is 1.49. The molecule has 0 amide bonds. The van der Waals surface area contributed by atoms with Crippen LogP contribution in [0.25, 0.3) is 0 Å². The van der Waals surface area contributed by atoms with Gasteiger partial charge < -0.3 is 5.32 Å². The molecule has 1 aromatic rings. The molecule has 0 radical (unpaired) electrons. The van der Waals surface area contributed by atoms with Gasteiger partial charge >= 0.3 is 0 Å². The van der Waals surface area contributed by atoms with Gasteiger partial charge in [-0.05, 0) is 42.3 Å². The first-order valence-electron chi connectivity index (χ1n) is 7.99. The van der Waals surface area contributed by atoms with Crippen molar-refractivity contribution in [1.29, 1.82) is 0 Å². The molecule has 0 heterocycles. The summed E-state index contributed by atoms with van der Waals surface area (Å²) >= 11 is 0. The highest BCUT2D eigenvalue weighted by Crippen LogP contribution is 2.27. The van der Waals surface area contributed by atoms with Gasteiger partial charge in [0, 0.05) is 6.54 Å². The Morgan fingerprint density at radius 2 is 1.80 bits per heavy atom. The molecule has 2 atom stereocenters. The Labute approximate surface area is 124 Å². The Hall–Kier alpha value is -0.890. The molecule has 0 saturated heterocycles. The lowest BCUT2D eigenvalue weighted by atomic mass is 9.87. The third-order valence-electron chi connectivity index (χ3n) is 3.76. The zero-order valence-electron chi connectivity index (χ0n) is 13.5. The fourth-order valence-electron chi connectivity index (χ4n) is 2.77. The van der Waals surface area contributed by atoms with Crippen LogP contribution in [0.5, 0.6) is 0 Å². The van der Waals surface area contributed by atoms with Crippen molar-refractivity contribution in [3.05, 3.63) is 35.6 Å². The quantitative estimate of drug-likeness (QED) is 0.672. The van der Waals surface area contributed by atoms with Crippen LogP contribution in [0.3, 0.4) is 0 Å². The third-order valence-corrected chi connectivity index (χ3v) is 3.76. The van der Waals surface area contributed by atoms with Crippen molar-refractivity contribution in [2.45, 2.75) is 52.9 Å². The molecule has 1 aromatic carbocycles. The highest BCUT2D eigenvalue weighted by atomic mass is 19.1. The Morgan fingerprint density at radius 3 is 2.40 bits per heavy atom. The maximum atomic E-state index is 14.0. The topological polar surface area (TPSA) is 12.0 Å². The molecule has 0 spiro atoms. The van der Waals surface area contributed by atoms with E-state index in [1.165, 1.54) is 12.8 Å². The van der Waals surface area contributed by atoms with E-state index in [1.54, 1.807) is 12.1 Å². The van der Waals surface area contributed by atoms with E-state index in [4.69, 9.17) is 0 Å². The van der Waals surface area contributed by atoms with Crippen LogP contribution in [0.2, 0.25) is 0 Å². The number of rotatable bonds is 9. The number of hydrogen-bond acceptors (Lipinski definition) is 1. The van der Waals surface area contributed by atoms with Gasteiger partial charge in [0.25, 0.3) is 0 Å². The zero-order valence-corrected chi connectivity index (χ0v) is 13.5. The predicted octanol–water partition coefficient (Wildman–Crippen LogP) is 4.98. The van der Waals surface area contributed by atoms with Crippen LogP contribution in [0.4, 0.5) is 4.39 Å². The third kappa shape index (κ3) is 6.04. The number of halogens is 1. The molecule has 0 aromatic heterocycles.